The quantitative estimate of drug-likeness (QED) is 0.735. The zero-order valence-electron chi connectivity index (χ0n) is 9.30. The van der Waals surface area contributed by atoms with E-state index in [1.807, 2.05) is 7.11 Å². The highest BCUT2D eigenvalue weighted by molar-refractivity contribution is 4.83. The highest BCUT2D eigenvalue weighted by Gasteiger charge is 2.28. The van der Waals surface area contributed by atoms with E-state index in [0.29, 0.717) is 6.23 Å². The molecule has 1 heterocycles. The van der Waals surface area contributed by atoms with Gasteiger partial charge in [-0.2, -0.15) is 0 Å². The van der Waals surface area contributed by atoms with Gasteiger partial charge < -0.3 is 4.74 Å². The lowest BCUT2D eigenvalue weighted by molar-refractivity contribution is 0.0219. The molecule has 2 heteroatoms. The Morgan fingerprint density at radius 2 is 1.71 bits per heavy atom. The second kappa shape index (κ2) is 5.13. The molecule has 0 amide bonds. The summed E-state index contributed by atoms with van der Waals surface area (Å²) < 4.78 is 5.40. The van der Waals surface area contributed by atoms with Crippen LogP contribution in [0.4, 0.5) is 0 Å². The monoisotopic (exact) mass is 197 g/mol. The van der Waals surface area contributed by atoms with Crippen molar-refractivity contribution in [1.29, 1.82) is 0 Å². The molecular weight excluding hydrogens is 174 g/mol. The first-order valence-corrected chi connectivity index (χ1v) is 6.19. The molecule has 0 aromatic rings. The molecule has 1 aliphatic heterocycles. The maximum absolute atomic E-state index is 5.40. The van der Waals surface area contributed by atoms with Crippen LogP contribution >= 0.6 is 0 Å². The van der Waals surface area contributed by atoms with Crippen molar-refractivity contribution < 1.29 is 4.74 Å². The highest BCUT2D eigenvalue weighted by atomic mass is 16.5. The molecule has 2 fully saturated rings. The van der Waals surface area contributed by atoms with Gasteiger partial charge in [-0.1, -0.05) is 19.3 Å². The maximum atomic E-state index is 5.40. The Morgan fingerprint density at radius 1 is 0.929 bits per heavy atom. The van der Waals surface area contributed by atoms with Crippen molar-refractivity contribution in [3.05, 3.63) is 0 Å². The van der Waals surface area contributed by atoms with Crippen molar-refractivity contribution in [2.24, 2.45) is 5.92 Å². The van der Waals surface area contributed by atoms with Crippen molar-refractivity contribution in [2.75, 3.05) is 7.11 Å². The fourth-order valence-electron chi connectivity index (χ4n) is 3.02. The van der Waals surface area contributed by atoms with E-state index in [0.717, 1.165) is 12.0 Å². The summed E-state index contributed by atoms with van der Waals surface area (Å²) in [5, 5.41) is 3.65. The fraction of sp³-hybridized carbons (Fsp3) is 1.00. The van der Waals surface area contributed by atoms with E-state index in [1.54, 1.807) is 0 Å². The minimum atomic E-state index is 0.329. The predicted molar refractivity (Wildman–Crippen MR) is 58.1 cm³/mol. The van der Waals surface area contributed by atoms with Gasteiger partial charge >= 0.3 is 0 Å². The lowest BCUT2D eigenvalue weighted by Gasteiger charge is -2.37. The molecule has 1 N–H and O–H groups in total. The molecule has 1 aliphatic carbocycles. The van der Waals surface area contributed by atoms with Gasteiger partial charge in [-0.05, 0) is 38.0 Å². The first-order chi connectivity index (χ1) is 6.90. The molecule has 14 heavy (non-hydrogen) atoms. The van der Waals surface area contributed by atoms with Crippen LogP contribution < -0.4 is 5.32 Å². The van der Waals surface area contributed by atoms with Crippen LogP contribution in [0, 0.1) is 5.92 Å². The van der Waals surface area contributed by atoms with Crippen LogP contribution in [0.1, 0.15) is 51.4 Å². The predicted octanol–water partition coefficient (Wildman–Crippen LogP) is 2.68. The van der Waals surface area contributed by atoms with Gasteiger partial charge in [0.05, 0.1) is 0 Å². The Morgan fingerprint density at radius 3 is 2.43 bits per heavy atom. The van der Waals surface area contributed by atoms with Crippen molar-refractivity contribution >= 4 is 0 Å². The Balaban J connectivity index is 1.83. The van der Waals surface area contributed by atoms with Crippen LogP contribution in [0.15, 0.2) is 0 Å². The lowest BCUT2D eigenvalue weighted by Crippen LogP contribution is -2.47. The SMILES string of the molecule is COC1CCCC(C2CCCCC2)N1. The summed E-state index contributed by atoms with van der Waals surface area (Å²) in [6.45, 7) is 0. The van der Waals surface area contributed by atoms with Crippen molar-refractivity contribution in [3.63, 3.8) is 0 Å². The third-order valence-corrected chi connectivity index (χ3v) is 3.88. The molecule has 2 nitrogen and oxygen atoms in total. The number of hydrogen-bond donors (Lipinski definition) is 1. The van der Waals surface area contributed by atoms with Gasteiger partial charge in [0.1, 0.15) is 6.23 Å². The van der Waals surface area contributed by atoms with Crippen LogP contribution in [-0.4, -0.2) is 19.4 Å². The van der Waals surface area contributed by atoms with Crippen LogP contribution in [-0.2, 0) is 4.74 Å². The van der Waals surface area contributed by atoms with E-state index in [4.69, 9.17) is 4.74 Å². The molecule has 0 radical (unpaired) electrons. The van der Waals surface area contributed by atoms with E-state index in [-0.39, 0.29) is 0 Å². The summed E-state index contributed by atoms with van der Waals surface area (Å²) >= 11 is 0. The first-order valence-electron chi connectivity index (χ1n) is 6.19. The fourth-order valence-corrected chi connectivity index (χ4v) is 3.02. The molecule has 1 saturated heterocycles. The van der Waals surface area contributed by atoms with Gasteiger partial charge in [0.25, 0.3) is 0 Å². The summed E-state index contributed by atoms with van der Waals surface area (Å²) in [4.78, 5) is 0. The topological polar surface area (TPSA) is 21.3 Å². The van der Waals surface area contributed by atoms with E-state index >= 15 is 0 Å². The normalized spacial score (nSPS) is 35.8. The minimum Gasteiger partial charge on any atom is -0.367 e. The summed E-state index contributed by atoms with van der Waals surface area (Å²) in [5.74, 6) is 0.932. The summed E-state index contributed by atoms with van der Waals surface area (Å²) in [6, 6.07) is 0.744. The number of hydrogen-bond acceptors (Lipinski definition) is 2. The van der Waals surface area contributed by atoms with Gasteiger partial charge in [0.15, 0.2) is 0 Å². The Bertz CT molecular complexity index is 166. The molecular formula is C12H23NO. The van der Waals surface area contributed by atoms with Crippen molar-refractivity contribution in [3.8, 4) is 0 Å². The first kappa shape index (κ1) is 10.4. The molecule has 0 spiro atoms. The Hall–Kier alpha value is -0.0800. The number of piperidine rings is 1. The average Bonchev–Trinajstić information content (AvgIpc) is 2.30. The van der Waals surface area contributed by atoms with E-state index < -0.39 is 0 Å². The molecule has 2 atom stereocenters. The van der Waals surface area contributed by atoms with Crippen molar-refractivity contribution in [1.82, 2.24) is 5.32 Å². The third kappa shape index (κ3) is 2.48. The van der Waals surface area contributed by atoms with Gasteiger partial charge in [-0.15, -0.1) is 0 Å². The Labute approximate surface area is 87.4 Å². The largest absolute Gasteiger partial charge is 0.367 e. The van der Waals surface area contributed by atoms with E-state index in [9.17, 15) is 0 Å². The van der Waals surface area contributed by atoms with Gasteiger partial charge in [0.2, 0.25) is 0 Å². The molecule has 2 rings (SSSR count). The third-order valence-electron chi connectivity index (χ3n) is 3.88. The number of ether oxygens (including phenoxy) is 1. The molecule has 2 unspecified atom stereocenters. The molecule has 0 bridgehead atoms. The van der Waals surface area contributed by atoms with Gasteiger partial charge in [0, 0.05) is 13.2 Å². The maximum Gasteiger partial charge on any atom is 0.107 e. The zero-order chi connectivity index (χ0) is 9.80. The van der Waals surface area contributed by atoms with Crippen molar-refractivity contribution in [2.45, 2.75) is 63.6 Å². The van der Waals surface area contributed by atoms with Gasteiger partial charge in [-0.3, -0.25) is 5.32 Å². The summed E-state index contributed by atoms with van der Waals surface area (Å²) in [7, 11) is 1.82. The molecule has 0 aromatic carbocycles. The number of nitrogens with one attached hydrogen (secondary N) is 1. The molecule has 1 saturated carbocycles. The molecule has 2 aliphatic rings. The lowest BCUT2D eigenvalue weighted by atomic mass is 9.81. The van der Waals surface area contributed by atoms with E-state index in [2.05, 4.69) is 5.32 Å². The van der Waals surface area contributed by atoms with Crippen LogP contribution in [0.5, 0.6) is 0 Å². The minimum absolute atomic E-state index is 0.329. The second-order valence-corrected chi connectivity index (χ2v) is 4.83. The number of rotatable bonds is 2. The average molecular weight is 197 g/mol. The number of methoxy groups -OCH3 is 1. The van der Waals surface area contributed by atoms with E-state index in [1.165, 1.54) is 51.4 Å². The van der Waals surface area contributed by atoms with Crippen LogP contribution in [0.25, 0.3) is 0 Å². The molecule has 0 aromatic heterocycles. The zero-order valence-corrected chi connectivity index (χ0v) is 9.30. The van der Waals surface area contributed by atoms with Crippen LogP contribution in [0.2, 0.25) is 0 Å². The van der Waals surface area contributed by atoms with Gasteiger partial charge in [-0.25, -0.2) is 0 Å². The van der Waals surface area contributed by atoms with Crippen LogP contribution in [0.3, 0.4) is 0 Å². The summed E-state index contributed by atoms with van der Waals surface area (Å²) in [6.07, 6.45) is 11.5. The second-order valence-electron chi connectivity index (χ2n) is 4.83. The standard InChI is InChI=1S/C12H23NO/c1-14-12-9-5-8-11(13-12)10-6-3-2-4-7-10/h10-13H,2-9H2,1H3. The molecule has 82 valence electrons. The highest BCUT2D eigenvalue weighted by Crippen LogP contribution is 2.30. The summed E-state index contributed by atoms with van der Waals surface area (Å²) in [5.41, 5.74) is 0. The smallest absolute Gasteiger partial charge is 0.107 e. The Kier molecular flexibility index (Phi) is 3.82.